The lowest BCUT2D eigenvalue weighted by Crippen LogP contribution is -2.40. The molecule has 1 N–H and O–H groups in total. The molecule has 1 fully saturated rings. The predicted molar refractivity (Wildman–Crippen MR) is 76.2 cm³/mol. The Morgan fingerprint density at radius 1 is 1.50 bits per heavy atom. The fraction of sp³-hybridized carbons (Fsp3) is 0.500. The first-order valence-corrected chi connectivity index (χ1v) is 7.05. The number of carboxylic acid groups (broad SMARTS) is 1. The van der Waals surface area contributed by atoms with Gasteiger partial charge in [0.25, 0.3) is 0 Å². The summed E-state index contributed by atoms with van der Waals surface area (Å²) in [6.45, 7) is 3.74. The van der Waals surface area contributed by atoms with Crippen LogP contribution in [0.4, 0.5) is 0 Å². The van der Waals surface area contributed by atoms with Gasteiger partial charge in [-0.3, -0.25) is 9.69 Å². The van der Waals surface area contributed by atoms with E-state index < -0.39 is 5.97 Å². The highest BCUT2D eigenvalue weighted by Crippen LogP contribution is 2.23. The van der Waals surface area contributed by atoms with Crippen LogP contribution in [0.5, 0.6) is 0 Å². The van der Waals surface area contributed by atoms with Crippen molar-refractivity contribution in [2.45, 2.75) is 45.2 Å². The molecule has 0 saturated carbocycles. The monoisotopic (exact) mass is 272 g/mol. The van der Waals surface area contributed by atoms with Gasteiger partial charge in [-0.1, -0.05) is 12.5 Å². The van der Waals surface area contributed by atoms with Crippen LogP contribution in [0.1, 0.15) is 42.4 Å². The van der Waals surface area contributed by atoms with E-state index in [4.69, 9.17) is 10.4 Å². The topological polar surface area (TPSA) is 64.3 Å². The molecule has 1 aromatic carbocycles. The van der Waals surface area contributed by atoms with Crippen LogP contribution < -0.4 is 0 Å². The van der Waals surface area contributed by atoms with E-state index in [2.05, 4.69) is 11.0 Å². The number of nitrogens with zero attached hydrogens (tertiary/aromatic N) is 2. The molecule has 0 radical (unpaired) electrons. The summed E-state index contributed by atoms with van der Waals surface area (Å²) in [6.07, 6.45) is 3.42. The first-order valence-electron chi connectivity index (χ1n) is 7.05. The molecule has 0 amide bonds. The molecule has 20 heavy (non-hydrogen) atoms. The molecule has 1 saturated heterocycles. The maximum Gasteiger partial charge on any atom is 0.304 e. The lowest BCUT2D eigenvalue weighted by atomic mass is 9.97. The minimum Gasteiger partial charge on any atom is -0.481 e. The molecular formula is C16H20N2O2. The van der Waals surface area contributed by atoms with Gasteiger partial charge in [0.2, 0.25) is 0 Å². The van der Waals surface area contributed by atoms with Gasteiger partial charge in [-0.2, -0.15) is 5.26 Å². The molecular weight excluding hydrogens is 252 g/mol. The Hall–Kier alpha value is -1.86. The molecule has 1 heterocycles. The van der Waals surface area contributed by atoms with Crippen molar-refractivity contribution >= 4 is 5.97 Å². The zero-order valence-electron chi connectivity index (χ0n) is 11.8. The number of carbonyl (C=O) groups is 1. The number of hydrogen-bond donors (Lipinski definition) is 1. The second-order valence-electron chi connectivity index (χ2n) is 5.47. The number of nitriles is 1. The van der Waals surface area contributed by atoms with Gasteiger partial charge < -0.3 is 5.11 Å². The van der Waals surface area contributed by atoms with Crippen LogP contribution in [0, 0.1) is 18.3 Å². The molecule has 1 aliphatic heterocycles. The van der Waals surface area contributed by atoms with Crippen molar-refractivity contribution in [3.8, 4) is 6.07 Å². The third kappa shape index (κ3) is 3.58. The summed E-state index contributed by atoms with van der Waals surface area (Å²) >= 11 is 0. The summed E-state index contributed by atoms with van der Waals surface area (Å²) in [7, 11) is 0. The fourth-order valence-corrected chi connectivity index (χ4v) is 2.86. The molecule has 0 spiro atoms. The lowest BCUT2D eigenvalue weighted by Gasteiger charge is -2.35. The van der Waals surface area contributed by atoms with Gasteiger partial charge >= 0.3 is 5.97 Å². The predicted octanol–water partition coefficient (Wildman–Crippen LogP) is 2.70. The maximum atomic E-state index is 11.0. The van der Waals surface area contributed by atoms with Crippen molar-refractivity contribution in [2.75, 3.05) is 6.54 Å². The molecule has 1 unspecified atom stereocenters. The average molecular weight is 272 g/mol. The molecule has 106 valence electrons. The number of rotatable bonds is 4. The normalized spacial score (nSPS) is 19.5. The molecule has 4 heteroatoms. The summed E-state index contributed by atoms with van der Waals surface area (Å²) in [4.78, 5) is 13.2. The van der Waals surface area contributed by atoms with Crippen molar-refractivity contribution in [3.63, 3.8) is 0 Å². The number of benzene rings is 1. The standard InChI is InChI=1S/C16H20N2O2/c1-12-8-13(10-17)5-6-14(12)11-18-7-3-2-4-15(18)9-16(19)20/h5-6,8,15H,2-4,7,9,11H2,1H3,(H,19,20). The molecule has 1 aliphatic rings. The average Bonchev–Trinajstić information content (AvgIpc) is 2.42. The Kier molecular flexibility index (Phi) is 4.75. The van der Waals surface area contributed by atoms with E-state index in [-0.39, 0.29) is 12.5 Å². The van der Waals surface area contributed by atoms with Crippen molar-refractivity contribution in [3.05, 3.63) is 34.9 Å². The SMILES string of the molecule is Cc1cc(C#N)ccc1CN1CCCCC1CC(=O)O. The van der Waals surface area contributed by atoms with E-state index in [9.17, 15) is 4.79 Å². The van der Waals surface area contributed by atoms with Crippen LogP contribution in [0.25, 0.3) is 0 Å². The van der Waals surface area contributed by atoms with Crippen molar-refractivity contribution in [1.82, 2.24) is 4.90 Å². The van der Waals surface area contributed by atoms with E-state index >= 15 is 0 Å². The molecule has 1 aromatic rings. The van der Waals surface area contributed by atoms with Gasteiger partial charge in [-0.25, -0.2) is 0 Å². The van der Waals surface area contributed by atoms with E-state index in [1.807, 2.05) is 25.1 Å². The summed E-state index contributed by atoms with van der Waals surface area (Å²) in [6, 6.07) is 7.99. The Labute approximate surface area is 119 Å². The van der Waals surface area contributed by atoms with Gasteiger partial charge in [0.15, 0.2) is 0 Å². The third-order valence-corrected chi connectivity index (χ3v) is 4.00. The summed E-state index contributed by atoms with van der Waals surface area (Å²) in [5, 5.41) is 17.9. The van der Waals surface area contributed by atoms with Crippen LogP contribution >= 0.6 is 0 Å². The maximum absolute atomic E-state index is 11.0. The molecule has 0 aliphatic carbocycles. The quantitative estimate of drug-likeness (QED) is 0.915. The zero-order valence-corrected chi connectivity index (χ0v) is 11.8. The van der Waals surface area contributed by atoms with Crippen LogP contribution in [0.2, 0.25) is 0 Å². The first kappa shape index (κ1) is 14.5. The zero-order chi connectivity index (χ0) is 14.5. The Bertz CT molecular complexity index is 534. The number of aliphatic carboxylic acids is 1. The van der Waals surface area contributed by atoms with E-state index in [0.29, 0.717) is 5.56 Å². The van der Waals surface area contributed by atoms with Gasteiger partial charge in [0.1, 0.15) is 0 Å². The fourth-order valence-electron chi connectivity index (χ4n) is 2.86. The number of hydrogen-bond acceptors (Lipinski definition) is 3. The molecule has 1 atom stereocenters. The van der Waals surface area contributed by atoms with Crippen molar-refractivity contribution < 1.29 is 9.90 Å². The molecule has 2 rings (SSSR count). The van der Waals surface area contributed by atoms with Crippen LogP contribution in [0.3, 0.4) is 0 Å². The third-order valence-electron chi connectivity index (χ3n) is 4.00. The number of piperidine rings is 1. The Balaban J connectivity index is 2.10. The first-order chi connectivity index (χ1) is 9.60. The largest absolute Gasteiger partial charge is 0.481 e. The van der Waals surface area contributed by atoms with Gasteiger partial charge in [-0.05, 0) is 49.6 Å². The minimum absolute atomic E-state index is 0.135. The van der Waals surface area contributed by atoms with Crippen LogP contribution in [0.15, 0.2) is 18.2 Å². The van der Waals surface area contributed by atoms with Crippen molar-refractivity contribution in [2.24, 2.45) is 0 Å². The van der Waals surface area contributed by atoms with E-state index in [1.165, 1.54) is 5.56 Å². The highest BCUT2D eigenvalue weighted by atomic mass is 16.4. The van der Waals surface area contributed by atoms with Crippen LogP contribution in [-0.4, -0.2) is 28.6 Å². The molecule has 0 bridgehead atoms. The van der Waals surface area contributed by atoms with Crippen LogP contribution in [-0.2, 0) is 11.3 Å². The van der Waals surface area contributed by atoms with E-state index in [1.54, 1.807) is 0 Å². The second kappa shape index (κ2) is 6.53. The smallest absolute Gasteiger partial charge is 0.304 e. The highest BCUT2D eigenvalue weighted by Gasteiger charge is 2.24. The molecule has 0 aromatic heterocycles. The van der Waals surface area contributed by atoms with Gasteiger partial charge in [0.05, 0.1) is 18.1 Å². The number of carboxylic acids is 1. The number of likely N-dealkylation sites (tertiary alicyclic amines) is 1. The Morgan fingerprint density at radius 3 is 2.95 bits per heavy atom. The summed E-state index contributed by atoms with van der Waals surface area (Å²) in [5.41, 5.74) is 2.96. The number of aryl methyl sites for hydroxylation is 1. The van der Waals surface area contributed by atoms with Gasteiger partial charge in [-0.15, -0.1) is 0 Å². The molecule has 4 nitrogen and oxygen atoms in total. The van der Waals surface area contributed by atoms with Gasteiger partial charge in [0, 0.05) is 12.6 Å². The summed E-state index contributed by atoms with van der Waals surface area (Å²) in [5.74, 6) is -0.724. The Morgan fingerprint density at radius 2 is 2.30 bits per heavy atom. The second-order valence-corrected chi connectivity index (χ2v) is 5.47. The summed E-state index contributed by atoms with van der Waals surface area (Å²) < 4.78 is 0. The van der Waals surface area contributed by atoms with E-state index in [0.717, 1.165) is 37.9 Å². The van der Waals surface area contributed by atoms with Crippen molar-refractivity contribution in [1.29, 1.82) is 5.26 Å². The minimum atomic E-state index is -0.724. The highest BCUT2D eigenvalue weighted by molar-refractivity contribution is 5.67. The lowest BCUT2D eigenvalue weighted by molar-refractivity contribution is -0.138.